The van der Waals surface area contributed by atoms with Crippen molar-refractivity contribution in [3.63, 3.8) is 0 Å². The first-order valence-electron chi connectivity index (χ1n) is 6.64. The summed E-state index contributed by atoms with van der Waals surface area (Å²) in [5, 5.41) is 14.1. The van der Waals surface area contributed by atoms with E-state index in [4.69, 9.17) is 5.11 Å². The lowest BCUT2D eigenvalue weighted by atomic mass is 10.4. The van der Waals surface area contributed by atoms with Gasteiger partial charge in [-0.25, -0.2) is 14.8 Å². The van der Waals surface area contributed by atoms with Crippen molar-refractivity contribution in [1.29, 1.82) is 0 Å². The number of aromatic nitrogens is 3. The van der Waals surface area contributed by atoms with Crippen molar-refractivity contribution >= 4 is 23.1 Å². The first-order chi connectivity index (χ1) is 10.1. The molecule has 0 spiro atoms. The molecule has 0 aromatic carbocycles. The van der Waals surface area contributed by atoms with Gasteiger partial charge >= 0.3 is 5.97 Å². The lowest BCUT2D eigenvalue weighted by molar-refractivity contribution is 0.0691. The standard InChI is InChI=1S/C13H14N4O3S/c18-10-5-9(16-12(17-10)7-1-2-7)14-4-3-11-15-8(6-21-11)13(19)20/h5-7H,1-4H2,(H,19,20)(H2,14,16,17,18). The summed E-state index contributed by atoms with van der Waals surface area (Å²) in [5.74, 6) is 0.662. The maximum atomic E-state index is 11.5. The molecule has 0 bridgehead atoms. The Kier molecular flexibility index (Phi) is 3.70. The van der Waals surface area contributed by atoms with Crippen LogP contribution in [-0.4, -0.2) is 32.6 Å². The molecule has 0 aliphatic heterocycles. The molecule has 7 nitrogen and oxygen atoms in total. The molecular formula is C13H14N4O3S. The summed E-state index contributed by atoms with van der Waals surface area (Å²) in [6, 6.07) is 1.43. The molecule has 3 rings (SSSR count). The Morgan fingerprint density at radius 3 is 2.95 bits per heavy atom. The summed E-state index contributed by atoms with van der Waals surface area (Å²) in [4.78, 5) is 33.4. The molecule has 1 saturated carbocycles. The molecule has 21 heavy (non-hydrogen) atoms. The number of H-pyrrole nitrogens is 1. The van der Waals surface area contributed by atoms with E-state index in [9.17, 15) is 9.59 Å². The summed E-state index contributed by atoms with van der Waals surface area (Å²) in [6.07, 6.45) is 2.73. The van der Waals surface area contributed by atoms with Gasteiger partial charge in [0, 0.05) is 30.3 Å². The van der Waals surface area contributed by atoms with Crippen molar-refractivity contribution in [3.05, 3.63) is 38.3 Å². The number of anilines is 1. The second-order valence-corrected chi connectivity index (χ2v) is 5.84. The molecular weight excluding hydrogens is 292 g/mol. The normalized spacial score (nSPS) is 14.1. The lowest BCUT2D eigenvalue weighted by Gasteiger charge is -2.05. The van der Waals surface area contributed by atoms with E-state index < -0.39 is 5.97 Å². The Balaban J connectivity index is 1.59. The van der Waals surface area contributed by atoms with Gasteiger partial charge in [0.15, 0.2) is 5.69 Å². The molecule has 2 aromatic heterocycles. The van der Waals surface area contributed by atoms with E-state index in [-0.39, 0.29) is 11.3 Å². The minimum absolute atomic E-state index is 0.0697. The third kappa shape index (κ3) is 3.46. The van der Waals surface area contributed by atoms with Gasteiger partial charge in [-0.15, -0.1) is 11.3 Å². The number of rotatable bonds is 6. The Labute approximate surface area is 124 Å². The number of nitrogens with zero attached hydrogens (tertiary/aromatic N) is 2. The van der Waals surface area contributed by atoms with E-state index in [1.165, 1.54) is 22.8 Å². The number of hydrogen-bond donors (Lipinski definition) is 3. The van der Waals surface area contributed by atoms with E-state index in [0.29, 0.717) is 24.7 Å². The Hall–Kier alpha value is -2.22. The smallest absolute Gasteiger partial charge is 0.355 e. The van der Waals surface area contributed by atoms with Crippen LogP contribution in [0.3, 0.4) is 0 Å². The molecule has 0 radical (unpaired) electrons. The highest BCUT2D eigenvalue weighted by atomic mass is 32.1. The number of carboxylic acid groups (broad SMARTS) is 1. The van der Waals surface area contributed by atoms with Crippen molar-refractivity contribution in [3.8, 4) is 0 Å². The van der Waals surface area contributed by atoms with E-state index in [2.05, 4.69) is 20.3 Å². The van der Waals surface area contributed by atoms with Gasteiger partial charge in [0.2, 0.25) is 0 Å². The zero-order valence-corrected chi connectivity index (χ0v) is 11.9. The molecule has 0 atom stereocenters. The maximum Gasteiger partial charge on any atom is 0.355 e. The van der Waals surface area contributed by atoms with Gasteiger partial charge in [-0.3, -0.25) is 4.79 Å². The number of aromatic carboxylic acids is 1. The predicted molar refractivity (Wildman–Crippen MR) is 78.1 cm³/mol. The molecule has 0 saturated heterocycles. The SMILES string of the molecule is O=C(O)c1csc(CCNc2cc(=O)[nH]c(C3CC3)n2)n1. The number of aromatic amines is 1. The van der Waals surface area contributed by atoms with Gasteiger partial charge in [0.25, 0.3) is 5.56 Å². The molecule has 2 aromatic rings. The van der Waals surface area contributed by atoms with Crippen LogP contribution in [0.1, 0.15) is 40.1 Å². The van der Waals surface area contributed by atoms with Gasteiger partial charge in [-0.05, 0) is 12.8 Å². The van der Waals surface area contributed by atoms with E-state index >= 15 is 0 Å². The number of nitrogens with one attached hydrogen (secondary N) is 2. The van der Waals surface area contributed by atoms with Crippen LogP contribution in [0.5, 0.6) is 0 Å². The minimum atomic E-state index is -1.02. The second kappa shape index (κ2) is 5.65. The van der Waals surface area contributed by atoms with Gasteiger partial charge < -0.3 is 15.4 Å². The fourth-order valence-electron chi connectivity index (χ4n) is 1.94. The summed E-state index contributed by atoms with van der Waals surface area (Å²) in [5.41, 5.74) is -0.0860. The van der Waals surface area contributed by atoms with Gasteiger partial charge in [-0.2, -0.15) is 0 Å². The Morgan fingerprint density at radius 2 is 2.29 bits per heavy atom. The van der Waals surface area contributed by atoms with Gasteiger partial charge in [0.05, 0.1) is 5.01 Å². The van der Waals surface area contributed by atoms with Crippen LogP contribution < -0.4 is 10.9 Å². The molecule has 1 aliphatic carbocycles. The minimum Gasteiger partial charge on any atom is -0.476 e. The van der Waals surface area contributed by atoms with Gasteiger partial charge in [0.1, 0.15) is 11.6 Å². The maximum absolute atomic E-state index is 11.5. The highest BCUT2D eigenvalue weighted by Gasteiger charge is 2.26. The Morgan fingerprint density at radius 1 is 1.48 bits per heavy atom. The topological polar surface area (TPSA) is 108 Å². The fraction of sp³-hybridized carbons (Fsp3) is 0.385. The predicted octanol–water partition coefficient (Wildman–Crippen LogP) is 1.46. The molecule has 1 fully saturated rings. The lowest BCUT2D eigenvalue weighted by Crippen LogP contribution is -2.14. The van der Waals surface area contributed by atoms with Crippen molar-refractivity contribution < 1.29 is 9.90 Å². The van der Waals surface area contributed by atoms with Crippen molar-refractivity contribution in [1.82, 2.24) is 15.0 Å². The van der Waals surface area contributed by atoms with Crippen LogP contribution in [0.15, 0.2) is 16.2 Å². The van der Waals surface area contributed by atoms with Crippen LogP contribution in [0.2, 0.25) is 0 Å². The average Bonchev–Trinajstić information content (AvgIpc) is 3.18. The number of hydrogen-bond acceptors (Lipinski definition) is 6. The van der Waals surface area contributed by atoms with E-state index in [1.54, 1.807) is 0 Å². The Bertz CT molecular complexity index is 720. The molecule has 1 aliphatic rings. The van der Waals surface area contributed by atoms with Crippen molar-refractivity contribution in [2.24, 2.45) is 0 Å². The number of carbonyl (C=O) groups is 1. The van der Waals surface area contributed by atoms with Crippen LogP contribution >= 0.6 is 11.3 Å². The first kappa shape index (κ1) is 13.7. The fourth-order valence-corrected chi connectivity index (χ4v) is 2.71. The van der Waals surface area contributed by atoms with E-state index in [1.807, 2.05) is 0 Å². The van der Waals surface area contributed by atoms with Gasteiger partial charge in [-0.1, -0.05) is 0 Å². The van der Waals surface area contributed by atoms with Crippen LogP contribution in [0.4, 0.5) is 5.82 Å². The summed E-state index contributed by atoms with van der Waals surface area (Å²) in [7, 11) is 0. The van der Waals surface area contributed by atoms with Crippen molar-refractivity contribution in [2.75, 3.05) is 11.9 Å². The van der Waals surface area contributed by atoms with Crippen LogP contribution in [-0.2, 0) is 6.42 Å². The van der Waals surface area contributed by atoms with E-state index in [0.717, 1.165) is 23.7 Å². The third-order valence-electron chi connectivity index (χ3n) is 3.14. The third-order valence-corrected chi connectivity index (χ3v) is 4.05. The first-order valence-corrected chi connectivity index (χ1v) is 7.52. The van der Waals surface area contributed by atoms with Crippen LogP contribution in [0.25, 0.3) is 0 Å². The average molecular weight is 306 g/mol. The largest absolute Gasteiger partial charge is 0.476 e. The van der Waals surface area contributed by atoms with Crippen molar-refractivity contribution in [2.45, 2.75) is 25.2 Å². The molecule has 0 unspecified atom stereocenters. The zero-order valence-electron chi connectivity index (χ0n) is 11.1. The van der Waals surface area contributed by atoms with Crippen LogP contribution in [0, 0.1) is 0 Å². The quantitative estimate of drug-likeness (QED) is 0.745. The molecule has 2 heterocycles. The number of carboxylic acids is 1. The molecule has 3 N–H and O–H groups in total. The summed E-state index contributed by atoms with van der Waals surface area (Å²) >= 11 is 1.31. The molecule has 0 amide bonds. The molecule has 110 valence electrons. The highest BCUT2D eigenvalue weighted by Crippen LogP contribution is 2.37. The highest BCUT2D eigenvalue weighted by molar-refractivity contribution is 7.09. The monoisotopic (exact) mass is 306 g/mol. The molecule has 8 heteroatoms. The summed E-state index contributed by atoms with van der Waals surface area (Å²) < 4.78 is 0. The second-order valence-electron chi connectivity index (χ2n) is 4.90. The number of thiazole rings is 1. The summed E-state index contributed by atoms with van der Waals surface area (Å²) in [6.45, 7) is 0.549. The zero-order chi connectivity index (χ0) is 14.8.